The molecule has 0 aliphatic rings. The quantitative estimate of drug-likeness (QED) is 0.140. The van der Waals surface area contributed by atoms with Gasteiger partial charge in [0, 0.05) is 12.7 Å². The van der Waals surface area contributed by atoms with Crippen LogP contribution in [0.1, 0.15) is 37.4 Å². The van der Waals surface area contributed by atoms with Crippen LogP contribution in [0.3, 0.4) is 0 Å². The fourth-order valence-electron chi connectivity index (χ4n) is 2.62. The standard InChI is InChI=1S/C24H18I2O3/c1-16-7-8-17(13-21(16)25)9-12-23(27)19-10-11-20(22(26)14-19)24(28)29-15-18-5-3-2-4-6-18/h2-14H,15H2,1H3/b12-9+. The number of aryl methyl sites for hydroxylation is 1. The molecular weight excluding hydrogens is 590 g/mol. The molecule has 5 heteroatoms. The van der Waals surface area contributed by atoms with E-state index in [-0.39, 0.29) is 12.4 Å². The molecule has 0 unspecified atom stereocenters. The Labute approximate surface area is 197 Å². The first-order chi connectivity index (χ1) is 13.9. The van der Waals surface area contributed by atoms with Crippen LogP contribution in [0.4, 0.5) is 0 Å². The molecule has 0 aliphatic heterocycles. The fraction of sp³-hybridized carbons (Fsp3) is 0.0833. The summed E-state index contributed by atoms with van der Waals surface area (Å²) >= 11 is 4.34. The molecule has 3 aromatic rings. The van der Waals surface area contributed by atoms with E-state index in [2.05, 4.69) is 52.1 Å². The number of allylic oxidation sites excluding steroid dienone is 1. The first-order valence-electron chi connectivity index (χ1n) is 8.93. The van der Waals surface area contributed by atoms with Crippen LogP contribution < -0.4 is 0 Å². The van der Waals surface area contributed by atoms with Crippen LogP contribution in [-0.4, -0.2) is 11.8 Å². The average molecular weight is 608 g/mol. The minimum Gasteiger partial charge on any atom is -0.457 e. The van der Waals surface area contributed by atoms with Crippen LogP contribution in [0.2, 0.25) is 0 Å². The maximum absolute atomic E-state index is 12.5. The maximum Gasteiger partial charge on any atom is 0.339 e. The highest BCUT2D eigenvalue weighted by atomic mass is 127. The van der Waals surface area contributed by atoms with Gasteiger partial charge in [-0.3, -0.25) is 4.79 Å². The Kier molecular flexibility index (Phi) is 7.60. The van der Waals surface area contributed by atoms with Crippen LogP contribution in [0, 0.1) is 14.1 Å². The number of rotatable bonds is 6. The second-order valence-corrected chi connectivity index (χ2v) is 8.79. The van der Waals surface area contributed by atoms with Gasteiger partial charge < -0.3 is 4.74 Å². The van der Waals surface area contributed by atoms with Crippen molar-refractivity contribution < 1.29 is 14.3 Å². The van der Waals surface area contributed by atoms with Crippen molar-refractivity contribution in [3.63, 3.8) is 0 Å². The lowest BCUT2D eigenvalue weighted by atomic mass is 10.1. The Morgan fingerprint density at radius 2 is 1.69 bits per heavy atom. The highest BCUT2D eigenvalue weighted by Crippen LogP contribution is 2.19. The Balaban J connectivity index is 1.67. The van der Waals surface area contributed by atoms with Crippen molar-refractivity contribution in [3.05, 3.63) is 108 Å². The Hall–Kier alpha value is -2.00. The number of esters is 1. The summed E-state index contributed by atoms with van der Waals surface area (Å²) in [7, 11) is 0. The smallest absolute Gasteiger partial charge is 0.339 e. The van der Waals surface area contributed by atoms with Gasteiger partial charge in [0.2, 0.25) is 0 Å². The number of carbonyl (C=O) groups is 2. The van der Waals surface area contributed by atoms with E-state index < -0.39 is 5.97 Å². The van der Waals surface area contributed by atoms with Gasteiger partial charge in [-0.2, -0.15) is 0 Å². The normalized spacial score (nSPS) is 10.9. The second kappa shape index (κ2) is 10.2. The molecule has 0 spiro atoms. The Morgan fingerprint density at radius 3 is 2.38 bits per heavy atom. The van der Waals surface area contributed by atoms with Gasteiger partial charge in [0.25, 0.3) is 0 Å². The van der Waals surface area contributed by atoms with Crippen molar-refractivity contribution in [2.45, 2.75) is 13.5 Å². The van der Waals surface area contributed by atoms with Crippen molar-refractivity contribution in [1.82, 2.24) is 0 Å². The lowest BCUT2D eigenvalue weighted by molar-refractivity contribution is 0.0471. The largest absolute Gasteiger partial charge is 0.457 e. The van der Waals surface area contributed by atoms with Crippen molar-refractivity contribution in [2.75, 3.05) is 0 Å². The fourth-order valence-corrected chi connectivity index (χ4v) is 3.89. The molecule has 0 aromatic heterocycles. The zero-order valence-corrected chi connectivity index (χ0v) is 20.0. The summed E-state index contributed by atoms with van der Waals surface area (Å²) < 4.78 is 7.22. The SMILES string of the molecule is Cc1ccc(/C=C/C(=O)c2ccc(C(=O)OCc3ccccc3)c(I)c2)cc1I. The van der Waals surface area contributed by atoms with E-state index in [1.54, 1.807) is 30.4 Å². The van der Waals surface area contributed by atoms with Crippen LogP contribution in [0.5, 0.6) is 0 Å². The number of hydrogen-bond acceptors (Lipinski definition) is 3. The molecule has 0 atom stereocenters. The van der Waals surface area contributed by atoms with Crippen LogP contribution in [-0.2, 0) is 11.3 Å². The van der Waals surface area contributed by atoms with Crippen molar-refractivity contribution in [2.24, 2.45) is 0 Å². The number of benzene rings is 3. The highest BCUT2D eigenvalue weighted by Gasteiger charge is 2.14. The monoisotopic (exact) mass is 608 g/mol. The van der Waals surface area contributed by atoms with E-state index >= 15 is 0 Å². The third kappa shape index (κ3) is 5.99. The van der Waals surface area contributed by atoms with E-state index in [4.69, 9.17) is 4.74 Å². The van der Waals surface area contributed by atoms with Crippen LogP contribution in [0.25, 0.3) is 6.08 Å². The van der Waals surface area contributed by atoms with Crippen LogP contribution >= 0.6 is 45.2 Å². The summed E-state index contributed by atoms with van der Waals surface area (Å²) in [6.45, 7) is 2.27. The maximum atomic E-state index is 12.5. The summed E-state index contributed by atoms with van der Waals surface area (Å²) in [6.07, 6.45) is 3.36. The van der Waals surface area contributed by atoms with Crippen molar-refractivity contribution in [1.29, 1.82) is 0 Å². The number of ether oxygens (including phenoxy) is 1. The third-order valence-electron chi connectivity index (χ3n) is 4.31. The summed E-state index contributed by atoms with van der Waals surface area (Å²) in [5, 5.41) is 0. The molecule has 0 fully saturated rings. The zero-order chi connectivity index (χ0) is 20.8. The lowest BCUT2D eigenvalue weighted by Gasteiger charge is -2.07. The molecule has 0 aliphatic carbocycles. The molecule has 146 valence electrons. The molecule has 0 amide bonds. The van der Waals surface area contributed by atoms with E-state index in [1.807, 2.05) is 48.5 Å². The van der Waals surface area contributed by atoms with Gasteiger partial charge in [0.1, 0.15) is 6.61 Å². The van der Waals surface area contributed by atoms with Gasteiger partial charge in [-0.25, -0.2) is 4.79 Å². The van der Waals surface area contributed by atoms with E-state index in [9.17, 15) is 9.59 Å². The predicted octanol–water partition coefficient (Wildman–Crippen LogP) is 6.46. The first-order valence-corrected chi connectivity index (χ1v) is 11.1. The molecule has 0 heterocycles. The van der Waals surface area contributed by atoms with Gasteiger partial charge in [-0.15, -0.1) is 0 Å². The average Bonchev–Trinajstić information content (AvgIpc) is 2.73. The van der Waals surface area contributed by atoms with Crippen molar-refractivity contribution in [3.8, 4) is 0 Å². The minimum atomic E-state index is -0.401. The Morgan fingerprint density at radius 1 is 0.931 bits per heavy atom. The van der Waals surface area contributed by atoms with Gasteiger partial charge in [-0.1, -0.05) is 54.6 Å². The van der Waals surface area contributed by atoms with Gasteiger partial charge in [0.15, 0.2) is 5.78 Å². The molecule has 0 N–H and O–H groups in total. The van der Waals surface area contributed by atoms with Gasteiger partial charge in [-0.05, 0) is 93.1 Å². The highest BCUT2D eigenvalue weighted by molar-refractivity contribution is 14.1. The second-order valence-electron chi connectivity index (χ2n) is 6.46. The molecule has 3 nitrogen and oxygen atoms in total. The van der Waals surface area contributed by atoms with E-state index in [0.717, 1.165) is 14.7 Å². The summed E-state index contributed by atoms with van der Waals surface area (Å²) in [4.78, 5) is 24.9. The van der Waals surface area contributed by atoms with E-state index in [1.165, 1.54) is 5.56 Å². The molecule has 0 saturated heterocycles. The zero-order valence-electron chi connectivity index (χ0n) is 15.7. The number of halogens is 2. The van der Waals surface area contributed by atoms with Gasteiger partial charge >= 0.3 is 5.97 Å². The molecule has 0 saturated carbocycles. The van der Waals surface area contributed by atoms with E-state index in [0.29, 0.717) is 14.7 Å². The predicted molar refractivity (Wildman–Crippen MR) is 132 cm³/mol. The molecule has 29 heavy (non-hydrogen) atoms. The molecular formula is C24H18I2O3. The van der Waals surface area contributed by atoms with Crippen LogP contribution in [0.15, 0.2) is 72.8 Å². The first kappa shape index (κ1) is 21.7. The topological polar surface area (TPSA) is 43.4 Å². The molecule has 3 aromatic carbocycles. The van der Waals surface area contributed by atoms with Gasteiger partial charge in [0.05, 0.1) is 5.56 Å². The summed E-state index contributed by atoms with van der Waals surface area (Å²) in [5.41, 5.74) is 4.10. The number of ketones is 1. The molecule has 0 radical (unpaired) electrons. The summed E-state index contributed by atoms with van der Waals surface area (Å²) in [6, 6.07) is 20.6. The summed E-state index contributed by atoms with van der Waals surface area (Å²) in [5.74, 6) is -0.510. The lowest BCUT2D eigenvalue weighted by Crippen LogP contribution is -2.08. The molecule has 3 rings (SSSR count). The minimum absolute atomic E-state index is 0.109. The number of carbonyl (C=O) groups excluding carboxylic acids is 2. The third-order valence-corrected chi connectivity index (χ3v) is 6.36. The Bertz CT molecular complexity index is 1070. The van der Waals surface area contributed by atoms with Crippen molar-refractivity contribution >= 4 is 63.0 Å². The molecule has 0 bridgehead atoms. The number of hydrogen-bond donors (Lipinski definition) is 0.